The number of carbonyl (C=O) groups excluding carboxylic acids is 2. The zero-order chi connectivity index (χ0) is 16.8. The van der Waals surface area contributed by atoms with Gasteiger partial charge in [0, 0.05) is 5.56 Å². The minimum atomic E-state index is -0.912. The molecule has 0 bridgehead atoms. The highest BCUT2D eigenvalue weighted by atomic mass is 19.1. The van der Waals surface area contributed by atoms with Crippen LogP contribution in [0, 0.1) is 5.82 Å². The summed E-state index contributed by atoms with van der Waals surface area (Å²) in [5, 5.41) is 2.45. The Morgan fingerprint density at radius 3 is 2.61 bits per heavy atom. The van der Waals surface area contributed by atoms with Crippen LogP contribution in [0.5, 0.6) is 11.5 Å². The maximum Gasteiger partial charge on any atom is 0.265 e. The third-order valence-electron chi connectivity index (χ3n) is 3.13. The van der Waals surface area contributed by atoms with E-state index in [4.69, 9.17) is 9.47 Å². The average molecular weight is 317 g/mol. The highest BCUT2D eigenvalue weighted by molar-refractivity contribution is 5.94. The van der Waals surface area contributed by atoms with E-state index in [9.17, 15) is 14.0 Å². The van der Waals surface area contributed by atoms with Gasteiger partial charge in [-0.25, -0.2) is 4.39 Å². The van der Waals surface area contributed by atoms with Crippen molar-refractivity contribution in [1.82, 2.24) is 0 Å². The number of methoxy groups -OCH3 is 1. The number of aldehydes is 1. The number of nitrogens with one attached hydrogen (secondary N) is 1. The molecule has 5 nitrogen and oxygen atoms in total. The van der Waals surface area contributed by atoms with Crippen molar-refractivity contribution in [2.75, 3.05) is 12.4 Å². The van der Waals surface area contributed by atoms with E-state index in [1.54, 1.807) is 18.2 Å². The molecule has 0 aliphatic heterocycles. The monoisotopic (exact) mass is 317 g/mol. The molecule has 6 heteroatoms. The predicted molar refractivity (Wildman–Crippen MR) is 83.5 cm³/mol. The molecular formula is C17H16FNO4. The maximum atomic E-state index is 13.5. The second-order valence-corrected chi connectivity index (χ2v) is 4.76. The van der Waals surface area contributed by atoms with Crippen LogP contribution in [0.15, 0.2) is 42.5 Å². The van der Waals surface area contributed by atoms with Crippen molar-refractivity contribution in [3.63, 3.8) is 0 Å². The zero-order valence-electron chi connectivity index (χ0n) is 12.7. The van der Waals surface area contributed by atoms with Gasteiger partial charge in [0.05, 0.1) is 12.8 Å². The Hall–Kier alpha value is -2.89. The molecule has 0 fully saturated rings. The minimum absolute atomic E-state index is 0.0709. The van der Waals surface area contributed by atoms with Crippen LogP contribution in [-0.4, -0.2) is 25.4 Å². The molecule has 2 aromatic rings. The lowest BCUT2D eigenvalue weighted by molar-refractivity contribution is -0.122. The molecule has 1 N–H and O–H groups in total. The highest BCUT2D eigenvalue weighted by Gasteiger charge is 2.18. The summed E-state index contributed by atoms with van der Waals surface area (Å²) in [4.78, 5) is 22.9. The van der Waals surface area contributed by atoms with Crippen molar-refractivity contribution in [1.29, 1.82) is 0 Å². The first-order chi connectivity index (χ1) is 11.0. The Bertz CT molecular complexity index is 717. The van der Waals surface area contributed by atoms with Crippen LogP contribution in [-0.2, 0) is 4.79 Å². The maximum absolute atomic E-state index is 13.5. The van der Waals surface area contributed by atoms with Gasteiger partial charge in [-0.15, -0.1) is 0 Å². The number of halogens is 1. The first-order valence-electron chi connectivity index (χ1n) is 6.90. The fraction of sp³-hybridized carbons (Fsp3) is 0.176. The van der Waals surface area contributed by atoms with Gasteiger partial charge in [-0.05, 0) is 37.3 Å². The van der Waals surface area contributed by atoms with Gasteiger partial charge in [-0.3, -0.25) is 9.59 Å². The van der Waals surface area contributed by atoms with Crippen LogP contribution in [0.4, 0.5) is 10.1 Å². The summed E-state index contributed by atoms with van der Waals surface area (Å²) in [7, 11) is 1.45. The van der Waals surface area contributed by atoms with Gasteiger partial charge in [0.15, 0.2) is 17.6 Å². The molecule has 0 saturated heterocycles. The molecule has 0 radical (unpaired) electrons. The molecule has 2 aromatic carbocycles. The Kier molecular flexibility index (Phi) is 5.30. The Morgan fingerprint density at radius 1 is 1.22 bits per heavy atom. The van der Waals surface area contributed by atoms with Gasteiger partial charge in [0.25, 0.3) is 5.91 Å². The summed E-state index contributed by atoms with van der Waals surface area (Å²) in [5.74, 6) is -0.406. The molecule has 1 atom stereocenters. The highest BCUT2D eigenvalue weighted by Crippen LogP contribution is 2.28. The summed E-state index contributed by atoms with van der Waals surface area (Å²) < 4.78 is 24.2. The molecule has 23 heavy (non-hydrogen) atoms. The molecule has 0 heterocycles. The number of ether oxygens (including phenoxy) is 2. The number of carbonyl (C=O) groups is 2. The standard InChI is InChI=1S/C17H16FNO4/c1-11(17(21)19-14-6-4-3-5-13(14)18)23-16-9-12(10-20)7-8-15(16)22-2/h3-11H,1-2H3,(H,19,21)/t11-/m0/s1. The second-order valence-electron chi connectivity index (χ2n) is 4.76. The van der Waals surface area contributed by atoms with Crippen molar-refractivity contribution >= 4 is 17.9 Å². The molecule has 1 amide bonds. The predicted octanol–water partition coefficient (Wildman–Crippen LogP) is 3.05. The molecule has 0 saturated carbocycles. The third kappa shape index (κ3) is 4.06. The largest absolute Gasteiger partial charge is 0.493 e. The fourth-order valence-electron chi connectivity index (χ4n) is 1.90. The van der Waals surface area contributed by atoms with Crippen molar-refractivity contribution < 1.29 is 23.5 Å². The molecule has 0 aliphatic rings. The number of hydrogen-bond acceptors (Lipinski definition) is 4. The lowest BCUT2D eigenvalue weighted by Crippen LogP contribution is -2.30. The summed E-state index contributed by atoms with van der Waals surface area (Å²) in [6.07, 6.45) is -0.249. The van der Waals surface area contributed by atoms with Crippen LogP contribution < -0.4 is 14.8 Å². The van der Waals surface area contributed by atoms with Gasteiger partial charge in [0.2, 0.25) is 0 Å². The Morgan fingerprint density at radius 2 is 1.96 bits per heavy atom. The van der Waals surface area contributed by atoms with Gasteiger partial charge < -0.3 is 14.8 Å². The number of benzene rings is 2. The van der Waals surface area contributed by atoms with Gasteiger partial charge >= 0.3 is 0 Å². The minimum Gasteiger partial charge on any atom is -0.493 e. The lowest BCUT2D eigenvalue weighted by Gasteiger charge is -2.17. The average Bonchev–Trinajstić information content (AvgIpc) is 2.56. The van der Waals surface area contributed by atoms with E-state index >= 15 is 0 Å². The topological polar surface area (TPSA) is 64.6 Å². The van der Waals surface area contributed by atoms with Crippen LogP contribution in [0.25, 0.3) is 0 Å². The summed E-state index contributed by atoms with van der Waals surface area (Å²) in [6, 6.07) is 10.5. The Labute approximate surface area is 133 Å². The third-order valence-corrected chi connectivity index (χ3v) is 3.13. The molecule has 120 valence electrons. The normalized spacial score (nSPS) is 11.4. The van der Waals surface area contributed by atoms with Crippen molar-refractivity contribution in [3.8, 4) is 11.5 Å². The smallest absolute Gasteiger partial charge is 0.265 e. The first kappa shape index (κ1) is 16.5. The number of anilines is 1. The quantitative estimate of drug-likeness (QED) is 0.832. The summed E-state index contributed by atoms with van der Waals surface area (Å²) in [5.41, 5.74) is 0.462. The van der Waals surface area contributed by atoms with E-state index in [0.29, 0.717) is 17.6 Å². The van der Waals surface area contributed by atoms with E-state index in [2.05, 4.69) is 5.32 Å². The fourth-order valence-corrected chi connectivity index (χ4v) is 1.90. The molecule has 2 rings (SSSR count). The Balaban J connectivity index is 2.12. The van der Waals surface area contributed by atoms with Crippen molar-refractivity contribution in [3.05, 3.63) is 53.8 Å². The van der Waals surface area contributed by atoms with Crippen LogP contribution in [0.3, 0.4) is 0 Å². The number of rotatable bonds is 6. The second kappa shape index (κ2) is 7.40. The van der Waals surface area contributed by atoms with E-state index in [1.165, 1.54) is 38.3 Å². The zero-order valence-corrected chi connectivity index (χ0v) is 12.7. The van der Waals surface area contributed by atoms with Crippen molar-refractivity contribution in [2.45, 2.75) is 13.0 Å². The van der Waals surface area contributed by atoms with Gasteiger partial charge in [-0.1, -0.05) is 12.1 Å². The molecule has 0 aromatic heterocycles. The molecule has 0 unspecified atom stereocenters. The van der Waals surface area contributed by atoms with Gasteiger partial charge in [0.1, 0.15) is 12.1 Å². The summed E-state index contributed by atoms with van der Waals surface area (Å²) in [6.45, 7) is 1.52. The molecular weight excluding hydrogens is 301 g/mol. The SMILES string of the molecule is COc1ccc(C=O)cc1O[C@@H](C)C(=O)Nc1ccccc1F. The first-order valence-corrected chi connectivity index (χ1v) is 6.90. The van der Waals surface area contributed by atoms with E-state index in [0.717, 1.165) is 0 Å². The molecule has 0 spiro atoms. The molecule has 0 aliphatic carbocycles. The lowest BCUT2D eigenvalue weighted by atomic mass is 10.2. The van der Waals surface area contributed by atoms with E-state index in [1.807, 2.05) is 0 Å². The van der Waals surface area contributed by atoms with Crippen molar-refractivity contribution in [2.24, 2.45) is 0 Å². The van der Waals surface area contributed by atoms with Crippen LogP contribution >= 0.6 is 0 Å². The van der Waals surface area contributed by atoms with E-state index < -0.39 is 17.8 Å². The van der Waals surface area contributed by atoms with E-state index in [-0.39, 0.29) is 11.4 Å². The number of amides is 1. The number of para-hydroxylation sites is 1. The van der Waals surface area contributed by atoms with Crippen LogP contribution in [0.2, 0.25) is 0 Å². The van der Waals surface area contributed by atoms with Gasteiger partial charge in [-0.2, -0.15) is 0 Å². The summed E-state index contributed by atoms with van der Waals surface area (Å²) >= 11 is 0. The van der Waals surface area contributed by atoms with Crippen LogP contribution in [0.1, 0.15) is 17.3 Å². The number of hydrogen-bond donors (Lipinski definition) is 1.